The summed E-state index contributed by atoms with van der Waals surface area (Å²) >= 11 is 5.76. The van der Waals surface area contributed by atoms with E-state index >= 15 is 0 Å². The second kappa shape index (κ2) is 4.86. The molecule has 1 saturated carbocycles. The van der Waals surface area contributed by atoms with Crippen LogP contribution in [0.15, 0.2) is 18.2 Å². The summed E-state index contributed by atoms with van der Waals surface area (Å²) in [6.07, 6.45) is 1.96. The molecular weight excluding hydrogens is 257 g/mol. The van der Waals surface area contributed by atoms with Gasteiger partial charge in [0.2, 0.25) is 0 Å². The number of aliphatic hydroxyl groups excluding tert-OH is 1. The van der Waals surface area contributed by atoms with Crippen LogP contribution >= 0.6 is 11.6 Å². The van der Waals surface area contributed by atoms with Gasteiger partial charge in [-0.15, -0.1) is 0 Å². The van der Waals surface area contributed by atoms with Crippen molar-refractivity contribution in [3.05, 3.63) is 34.6 Å². The topological polar surface area (TPSA) is 49.3 Å². The first-order valence-corrected chi connectivity index (χ1v) is 6.23. The quantitative estimate of drug-likeness (QED) is 0.883. The Labute approximate surface area is 110 Å². The van der Waals surface area contributed by atoms with Crippen LogP contribution in [0.2, 0.25) is 5.02 Å². The van der Waals surface area contributed by atoms with Gasteiger partial charge in [0.1, 0.15) is 5.82 Å². The van der Waals surface area contributed by atoms with Crippen LogP contribution < -0.4 is 5.32 Å². The highest BCUT2D eigenvalue weighted by Gasteiger charge is 2.42. The first-order chi connectivity index (χ1) is 8.48. The third kappa shape index (κ3) is 2.49. The van der Waals surface area contributed by atoms with Gasteiger partial charge in [0.15, 0.2) is 0 Å². The SMILES string of the molecule is CC(CO)(NC(=O)c1cccc(F)c1Cl)C1CC1. The first kappa shape index (κ1) is 13.3. The Morgan fingerprint density at radius 2 is 2.28 bits per heavy atom. The smallest absolute Gasteiger partial charge is 0.253 e. The zero-order valence-electron chi connectivity index (χ0n) is 10.0. The van der Waals surface area contributed by atoms with Crippen LogP contribution in [0.4, 0.5) is 4.39 Å². The van der Waals surface area contributed by atoms with Crippen LogP contribution in [0.25, 0.3) is 0 Å². The predicted molar refractivity (Wildman–Crippen MR) is 67.1 cm³/mol. The molecule has 0 spiro atoms. The molecule has 2 rings (SSSR count). The predicted octanol–water partition coefficient (Wildman–Crippen LogP) is 2.37. The van der Waals surface area contributed by atoms with Crippen LogP contribution in [0.1, 0.15) is 30.1 Å². The fraction of sp³-hybridized carbons (Fsp3) is 0.462. The molecule has 1 aliphatic rings. The maximum Gasteiger partial charge on any atom is 0.253 e. The van der Waals surface area contributed by atoms with E-state index in [1.807, 2.05) is 0 Å². The molecule has 0 radical (unpaired) electrons. The van der Waals surface area contributed by atoms with Gasteiger partial charge in [-0.1, -0.05) is 17.7 Å². The number of halogens is 2. The van der Waals surface area contributed by atoms with Crippen LogP contribution in [0.5, 0.6) is 0 Å². The van der Waals surface area contributed by atoms with Gasteiger partial charge in [-0.2, -0.15) is 0 Å². The van der Waals surface area contributed by atoms with E-state index in [2.05, 4.69) is 5.32 Å². The molecule has 5 heteroatoms. The molecule has 0 saturated heterocycles. The van der Waals surface area contributed by atoms with Gasteiger partial charge >= 0.3 is 0 Å². The number of benzene rings is 1. The van der Waals surface area contributed by atoms with Gasteiger partial charge in [-0.05, 0) is 37.8 Å². The van der Waals surface area contributed by atoms with Crippen molar-refractivity contribution in [3.8, 4) is 0 Å². The number of rotatable bonds is 4. The number of carbonyl (C=O) groups excluding carboxylic acids is 1. The minimum Gasteiger partial charge on any atom is -0.394 e. The molecule has 0 aliphatic heterocycles. The average Bonchev–Trinajstić information content (AvgIpc) is 3.16. The second-order valence-electron chi connectivity index (χ2n) is 4.91. The van der Waals surface area contributed by atoms with Gasteiger partial charge in [-0.3, -0.25) is 4.79 Å². The summed E-state index contributed by atoms with van der Waals surface area (Å²) in [5.74, 6) is -0.803. The molecule has 1 aromatic rings. The Bertz CT molecular complexity index is 476. The molecule has 2 N–H and O–H groups in total. The molecule has 0 heterocycles. The lowest BCUT2D eigenvalue weighted by Gasteiger charge is -2.29. The maximum absolute atomic E-state index is 13.3. The number of hydrogen-bond acceptors (Lipinski definition) is 2. The van der Waals surface area contributed by atoms with Crippen molar-refractivity contribution in [2.24, 2.45) is 5.92 Å². The van der Waals surface area contributed by atoms with E-state index in [1.165, 1.54) is 18.2 Å². The largest absolute Gasteiger partial charge is 0.394 e. The fourth-order valence-electron chi connectivity index (χ4n) is 2.00. The van der Waals surface area contributed by atoms with Crippen molar-refractivity contribution in [2.75, 3.05) is 6.61 Å². The van der Waals surface area contributed by atoms with E-state index in [0.717, 1.165) is 12.8 Å². The summed E-state index contributed by atoms with van der Waals surface area (Å²) in [6, 6.07) is 4.10. The monoisotopic (exact) mass is 271 g/mol. The molecule has 1 amide bonds. The zero-order valence-corrected chi connectivity index (χ0v) is 10.8. The lowest BCUT2D eigenvalue weighted by atomic mass is 9.96. The molecule has 1 fully saturated rings. The van der Waals surface area contributed by atoms with Gasteiger partial charge in [0, 0.05) is 0 Å². The summed E-state index contributed by atoms with van der Waals surface area (Å²) in [4.78, 5) is 12.1. The van der Waals surface area contributed by atoms with Crippen LogP contribution in [0.3, 0.4) is 0 Å². The van der Waals surface area contributed by atoms with Gasteiger partial charge in [0.25, 0.3) is 5.91 Å². The van der Waals surface area contributed by atoms with E-state index < -0.39 is 17.3 Å². The first-order valence-electron chi connectivity index (χ1n) is 5.85. The number of carbonyl (C=O) groups is 1. The molecule has 18 heavy (non-hydrogen) atoms. The third-order valence-electron chi connectivity index (χ3n) is 3.40. The lowest BCUT2D eigenvalue weighted by molar-refractivity contribution is 0.0824. The Morgan fingerprint density at radius 1 is 1.61 bits per heavy atom. The normalized spacial score (nSPS) is 18.2. The van der Waals surface area contributed by atoms with Crippen molar-refractivity contribution < 1.29 is 14.3 Å². The molecule has 98 valence electrons. The average molecular weight is 272 g/mol. The summed E-state index contributed by atoms with van der Waals surface area (Å²) in [5, 5.41) is 12.0. The van der Waals surface area contributed by atoms with Crippen LogP contribution in [-0.4, -0.2) is 23.2 Å². The molecule has 1 aliphatic carbocycles. The van der Waals surface area contributed by atoms with Crippen molar-refractivity contribution >= 4 is 17.5 Å². The summed E-state index contributed by atoms with van der Waals surface area (Å²) in [5.41, 5.74) is -0.566. The highest BCUT2D eigenvalue weighted by molar-refractivity contribution is 6.34. The third-order valence-corrected chi connectivity index (χ3v) is 3.79. The molecule has 1 unspecified atom stereocenters. The van der Waals surface area contributed by atoms with E-state index in [9.17, 15) is 14.3 Å². The molecule has 0 aromatic heterocycles. The molecule has 1 aromatic carbocycles. The fourth-order valence-corrected chi connectivity index (χ4v) is 2.21. The number of hydrogen-bond donors (Lipinski definition) is 2. The highest BCUT2D eigenvalue weighted by atomic mass is 35.5. The minimum atomic E-state index is -0.660. The Hall–Kier alpha value is -1.13. The van der Waals surface area contributed by atoms with Crippen molar-refractivity contribution in [3.63, 3.8) is 0 Å². The number of amides is 1. The molecular formula is C13H15ClFNO2. The standard InChI is InChI=1S/C13H15ClFNO2/c1-13(7-17,8-5-6-8)16-12(18)9-3-2-4-10(15)11(9)14/h2-4,8,17H,5-7H2,1H3,(H,16,18). The summed E-state index contributed by atoms with van der Waals surface area (Å²) in [7, 11) is 0. The summed E-state index contributed by atoms with van der Waals surface area (Å²) < 4.78 is 13.3. The maximum atomic E-state index is 13.3. The Morgan fingerprint density at radius 3 is 2.83 bits per heavy atom. The van der Waals surface area contributed by atoms with Gasteiger partial charge in [0.05, 0.1) is 22.7 Å². The van der Waals surface area contributed by atoms with E-state index in [0.29, 0.717) is 0 Å². The van der Waals surface area contributed by atoms with Crippen molar-refractivity contribution in [1.29, 1.82) is 0 Å². The second-order valence-corrected chi connectivity index (χ2v) is 5.28. The molecule has 1 atom stereocenters. The Kier molecular flexibility index (Phi) is 3.59. The minimum absolute atomic E-state index is 0.0944. The number of aliphatic hydroxyl groups is 1. The van der Waals surface area contributed by atoms with E-state index in [4.69, 9.17) is 11.6 Å². The van der Waals surface area contributed by atoms with E-state index in [1.54, 1.807) is 6.92 Å². The molecule has 0 bridgehead atoms. The molecule has 3 nitrogen and oxygen atoms in total. The Balaban J connectivity index is 2.19. The van der Waals surface area contributed by atoms with Crippen LogP contribution in [0, 0.1) is 11.7 Å². The van der Waals surface area contributed by atoms with Gasteiger partial charge < -0.3 is 10.4 Å². The van der Waals surface area contributed by atoms with Gasteiger partial charge in [-0.25, -0.2) is 4.39 Å². The highest BCUT2D eigenvalue weighted by Crippen LogP contribution is 2.39. The lowest BCUT2D eigenvalue weighted by Crippen LogP contribution is -2.50. The zero-order chi connectivity index (χ0) is 13.3. The van der Waals surface area contributed by atoms with Crippen molar-refractivity contribution in [1.82, 2.24) is 5.32 Å². The van der Waals surface area contributed by atoms with E-state index in [-0.39, 0.29) is 23.1 Å². The number of nitrogens with one attached hydrogen (secondary N) is 1. The van der Waals surface area contributed by atoms with Crippen LogP contribution in [-0.2, 0) is 0 Å². The van der Waals surface area contributed by atoms with Crippen molar-refractivity contribution in [2.45, 2.75) is 25.3 Å². The summed E-state index contributed by atoms with van der Waals surface area (Å²) in [6.45, 7) is 1.64.